The Kier molecular flexibility index (Phi) is 4.97. The summed E-state index contributed by atoms with van der Waals surface area (Å²) in [7, 11) is 0. The number of hydrogen-bond acceptors (Lipinski definition) is 4. The summed E-state index contributed by atoms with van der Waals surface area (Å²) in [5.41, 5.74) is -1.51. The van der Waals surface area contributed by atoms with Gasteiger partial charge in [-0.05, 0) is 30.7 Å². The van der Waals surface area contributed by atoms with Gasteiger partial charge in [0.1, 0.15) is 11.1 Å². The molecule has 7 heteroatoms. The number of aliphatic carboxylic acids is 1. The molecule has 1 heterocycles. The average molecular weight is 374 g/mol. The molecule has 0 spiro atoms. The van der Waals surface area contributed by atoms with Gasteiger partial charge in [0.15, 0.2) is 5.78 Å². The van der Waals surface area contributed by atoms with Gasteiger partial charge in [0.05, 0.1) is 0 Å². The predicted molar refractivity (Wildman–Crippen MR) is 99.0 cm³/mol. The first-order valence-corrected chi connectivity index (χ1v) is 9.49. The van der Waals surface area contributed by atoms with Gasteiger partial charge < -0.3 is 15.4 Å². The van der Waals surface area contributed by atoms with Crippen LogP contribution in [0.15, 0.2) is 10.9 Å². The SMILES string of the molecule is CC1(C)CC(=O)c2cc(C(=O)NC3(C(=O)O)CCCCCC3)c(=O)[nH]c2C1. The van der Waals surface area contributed by atoms with Crippen molar-refractivity contribution in [2.45, 2.75) is 70.8 Å². The molecule has 1 aromatic rings. The number of amides is 1. The average Bonchev–Trinajstić information content (AvgIpc) is 2.79. The molecule has 0 atom stereocenters. The number of fused-ring (bicyclic) bond motifs is 1. The maximum Gasteiger partial charge on any atom is 0.329 e. The van der Waals surface area contributed by atoms with E-state index in [9.17, 15) is 24.3 Å². The molecule has 1 saturated carbocycles. The second-order valence-corrected chi connectivity index (χ2v) is 8.60. The molecule has 0 bridgehead atoms. The monoisotopic (exact) mass is 374 g/mol. The number of hydrogen-bond donors (Lipinski definition) is 3. The zero-order chi connectivity index (χ0) is 19.8. The lowest BCUT2D eigenvalue weighted by Gasteiger charge is -2.31. The Morgan fingerprint density at radius 1 is 1.07 bits per heavy atom. The van der Waals surface area contributed by atoms with E-state index in [1.165, 1.54) is 6.07 Å². The Hall–Kier alpha value is -2.44. The van der Waals surface area contributed by atoms with Crippen LogP contribution in [0.2, 0.25) is 0 Å². The van der Waals surface area contributed by atoms with E-state index in [0.717, 1.165) is 12.8 Å². The van der Waals surface area contributed by atoms with Crippen LogP contribution in [0.4, 0.5) is 0 Å². The first-order chi connectivity index (χ1) is 12.6. The van der Waals surface area contributed by atoms with Crippen LogP contribution < -0.4 is 10.9 Å². The summed E-state index contributed by atoms with van der Waals surface area (Å²) >= 11 is 0. The highest BCUT2D eigenvalue weighted by molar-refractivity contribution is 6.03. The third-order valence-corrected chi connectivity index (χ3v) is 5.68. The second-order valence-electron chi connectivity index (χ2n) is 8.60. The summed E-state index contributed by atoms with van der Waals surface area (Å²) < 4.78 is 0. The van der Waals surface area contributed by atoms with Gasteiger partial charge in [0, 0.05) is 17.7 Å². The van der Waals surface area contributed by atoms with Crippen molar-refractivity contribution in [1.82, 2.24) is 10.3 Å². The second kappa shape index (κ2) is 6.94. The van der Waals surface area contributed by atoms with Crippen molar-refractivity contribution in [2.24, 2.45) is 5.41 Å². The minimum atomic E-state index is -1.36. The van der Waals surface area contributed by atoms with E-state index < -0.39 is 23.0 Å². The number of Topliss-reactive ketones (excluding diaryl/α,β-unsaturated/α-hetero) is 1. The zero-order valence-electron chi connectivity index (χ0n) is 15.8. The Morgan fingerprint density at radius 3 is 2.30 bits per heavy atom. The Labute approximate surface area is 157 Å². The Balaban J connectivity index is 1.93. The van der Waals surface area contributed by atoms with Crippen LogP contribution in [0.3, 0.4) is 0 Å². The Morgan fingerprint density at radius 2 is 1.70 bits per heavy atom. The van der Waals surface area contributed by atoms with Crippen LogP contribution in [0.25, 0.3) is 0 Å². The molecule has 0 saturated heterocycles. The summed E-state index contributed by atoms with van der Waals surface area (Å²) in [6, 6.07) is 1.33. The number of carboxylic acids is 1. The van der Waals surface area contributed by atoms with E-state index in [4.69, 9.17) is 0 Å². The van der Waals surface area contributed by atoms with Crippen molar-refractivity contribution in [2.75, 3.05) is 0 Å². The topological polar surface area (TPSA) is 116 Å². The van der Waals surface area contributed by atoms with Crippen LogP contribution in [0.5, 0.6) is 0 Å². The van der Waals surface area contributed by atoms with Crippen molar-refractivity contribution in [3.05, 3.63) is 33.2 Å². The molecule has 146 valence electrons. The summed E-state index contributed by atoms with van der Waals surface area (Å²) in [5.74, 6) is -1.93. The molecule has 1 amide bonds. The highest BCUT2D eigenvalue weighted by Crippen LogP contribution is 2.33. The number of nitrogens with one attached hydrogen (secondary N) is 2. The maximum absolute atomic E-state index is 12.8. The molecule has 3 rings (SSSR count). The molecule has 1 fully saturated rings. The van der Waals surface area contributed by atoms with E-state index in [1.54, 1.807) is 0 Å². The number of carbonyl (C=O) groups is 3. The van der Waals surface area contributed by atoms with E-state index >= 15 is 0 Å². The lowest BCUT2D eigenvalue weighted by atomic mass is 9.75. The van der Waals surface area contributed by atoms with Gasteiger partial charge in [0.25, 0.3) is 11.5 Å². The maximum atomic E-state index is 12.8. The number of carbonyl (C=O) groups excluding carboxylic acids is 2. The van der Waals surface area contributed by atoms with Crippen molar-refractivity contribution in [1.29, 1.82) is 0 Å². The fraction of sp³-hybridized carbons (Fsp3) is 0.600. The van der Waals surface area contributed by atoms with Crippen molar-refractivity contribution in [3.8, 4) is 0 Å². The minimum Gasteiger partial charge on any atom is -0.480 e. The fourth-order valence-corrected chi connectivity index (χ4v) is 4.21. The molecule has 0 radical (unpaired) electrons. The van der Waals surface area contributed by atoms with Crippen molar-refractivity contribution < 1.29 is 19.5 Å². The Bertz CT molecular complexity index is 844. The number of H-pyrrole nitrogens is 1. The van der Waals surface area contributed by atoms with Gasteiger partial charge in [-0.25, -0.2) is 4.79 Å². The molecule has 2 aliphatic carbocycles. The molecular formula is C20H26N2O5. The molecule has 0 unspecified atom stereocenters. The number of aromatic nitrogens is 1. The van der Waals surface area contributed by atoms with Crippen molar-refractivity contribution >= 4 is 17.7 Å². The highest BCUT2D eigenvalue weighted by atomic mass is 16.4. The summed E-state index contributed by atoms with van der Waals surface area (Å²) in [6.07, 6.45) is 4.83. The standard InChI is InChI=1S/C20H26N2O5/c1-19(2)10-14-12(15(23)11-19)9-13(16(24)21-14)17(25)22-20(18(26)27)7-5-3-4-6-8-20/h9H,3-8,10-11H2,1-2H3,(H,21,24)(H,22,25)(H,26,27). The quantitative estimate of drug-likeness (QED) is 0.703. The van der Waals surface area contributed by atoms with E-state index in [2.05, 4.69) is 10.3 Å². The minimum absolute atomic E-state index is 0.117. The largest absolute Gasteiger partial charge is 0.480 e. The first kappa shape index (κ1) is 19.3. The number of ketones is 1. The summed E-state index contributed by atoms with van der Waals surface area (Å²) in [5, 5.41) is 12.3. The van der Waals surface area contributed by atoms with Crippen LogP contribution in [-0.4, -0.2) is 33.3 Å². The number of pyridine rings is 1. The lowest BCUT2D eigenvalue weighted by Crippen LogP contribution is -2.55. The summed E-state index contributed by atoms with van der Waals surface area (Å²) in [4.78, 5) is 52.2. The smallest absolute Gasteiger partial charge is 0.329 e. The third-order valence-electron chi connectivity index (χ3n) is 5.68. The van der Waals surface area contributed by atoms with Gasteiger partial charge >= 0.3 is 5.97 Å². The van der Waals surface area contributed by atoms with Crippen LogP contribution in [-0.2, 0) is 11.2 Å². The predicted octanol–water partition coefficient (Wildman–Crippen LogP) is 2.44. The van der Waals surface area contributed by atoms with E-state index in [0.29, 0.717) is 49.8 Å². The van der Waals surface area contributed by atoms with Crippen molar-refractivity contribution in [3.63, 3.8) is 0 Å². The van der Waals surface area contributed by atoms with Gasteiger partial charge in [-0.2, -0.15) is 0 Å². The normalized spacial score (nSPS) is 21.0. The van der Waals surface area contributed by atoms with Crippen LogP contribution in [0, 0.1) is 5.41 Å². The summed E-state index contributed by atoms with van der Waals surface area (Å²) in [6.45, 7) is 3.91. The highest BCUT2D eigenvalue weighted by Gasteiger charge is 2.41. The molecule has 1 aromatic heterocycles. The van der Waals surface area contributed by atoms with Gasteiger partial charge in [0.2, 0.25) is 0 Å². The zero-order valence-corrected chi connectivity index (χ0v) is 15.8. The molecule has 0 aromatic carbocycles. The number of carboxylic acid groups (broad SMARTS) is 1. The molecule has 2 aliphatic rings. The third kappa shape index (κ3) is 3.82. The van der Waals surface area contributed by atoms with Gasteiger partial charge in [-0.15, -0.1) is 0 Å². The van der Waals surface area contributed by atoms with Crippen LogP contribution in [0.1, 0.15) is 85.2 Å². The number of aromatic amines is 1. The first-order valence-electron chi connectivity index (χ1n) is 9.49. The van der Waals surface area contributed by atoms with E-state index in [1.807, 2.05) is 13.8 Å². The molecule has 3 N–H and O–H groups in total. The van der Waals surface area contributed by atoms with Gasteiger partial charge in [-0.1, -0.05) is 39.5 Å². The fourth-order valence-electron chi connectivity index (χ4n) is 4.21. The lowest BCUT2D eigenvalue weighted by molar-refractivity contribution is -0.145. The molecule has 7 nitrogen and oxygen atoms in total. The number of rotatable bonds is 3. The van der Waals surface area contributed by atoms with Gasteiger partial charge in [-0.3, -0.25) is 14.4 Å². The molecular weight excluding hydrogens is 348 g/mol. The molecule has 27 heavy (non-hydrogen) atoms. The van der Waals surface area contributed by atoms with Crippen LogP contribution >= 0.6 is 0 Å². The molecule has 0 aliphatic heterocycles. The van der Waals surface area contributed by atoms with E-state index in [-0.39, 0.29) is 16.8 Å².